The number of aliphatic hydroxyl groups excluding tert-OH is 1. The third-order valence-corrected chi connectivity index (χ3v) is 3.93. The van der Waals surface area contributed by atoms with Crippen molar-refractivity contribution in [2.75, 3.05) is 0 Å². The molecule has 0 aromatic heterocycles. The molecule has 0 bridgehead atoms. The van der Waals surface area contributed by atoms with Gasteiger partial charge in [0.25, 0.3) is 0 Å². The number of carbonyl (C=O) groups is 1. The van der Waals surface area contributed by atoms with Gasteiger partial charge in [0, 0.05) is 6.42 Å². The van der Waals surface area contributed by atoms with E-state index >= 15 is 0 Å². The van der Waals surface area contributed by atoms with Crippen LogP contribution in [0.3, 0.4) is 0 Å². The first-order valence-electron chi connectivity index (χ1n) is 8.40. The van der Waals surface area contributed by atoms with E-state index in [0.29, 0.717) is 19.4 Å². The fourth-order valence-electron chi connectivity index (χ4n) is 2.70. The second kappa shape index (κ2) is 9.48. The summed E-state index contributed by atoms with van der Waals surface area (Å²) < 4.78 is 11.5. The third kappa shape index (κ3) is 5.81. The summed E-state index contributed by atoms with van der Waals surface area (Å²) in [6.45, 7) is 2.41. The van der Waals surface area contributed by atoms with Gasteiger partial charge < -0.3 is 14.6 Å². The topological polar surface area (TPSA) is 55.8 Å². The van der Waals surface area contributed by atoms with Crippen LogP contribution in [0.15, 0.2) is 42.5 Å². The van der Waals surface area contributed by atoms with E-state index in [9.17, 15) is 9.90 Å². The Morgan fingerprint density at radius 2 is 2.09 bits per heavy atom. The fourth-order valence-corrected chi connectivity index (χ4v) is 2.70. The fraction of sp³-hybridized carbons (Fsp3) is 0.526. The van der Waals surface area contributed by atoms with Gasteiger partial charge in [-0.15, -0.1) is 0 Å². The normalized spacial score (nSPS) is 27.2. The predicted octanol–water partition coefficient (Wildman–Crippen LogP) is 3.38. The smallest absolute Gasteiger partial charge is 0.306 e. The molecule has 23 heavy (non-hydrogen) atoms. The van der Waals surface area contributed by atoms with Crippen LogP contribution in [-0.2, 0) is 20.9 Å². The number of esters is 1. The Morgan fingerprint density at radius 1 is 1.30 bits per heavy atom. The van der Waals surface area contributed by atoms with Gasteiger partial charge in [-0.3, -0.25) is 4.79 Å². The molecule has 3 atom stereocenters. The minimum atomic E-state index is -0.777. The zero-order valence-corrected chi connectivity index (χ0v) is 13.7. The highest BCUT2D eigenvalue weighted by Gasteiger charge is 2.31. The highest BCUT2D eigenvalue weighted by Crippen LogP contribution is 2.20. The monoisotopic (exact) mass is 318 g/mol. The molecular weight excluding hydrogens is 292 g/mol. The van der Waals surface area contributed by atoms with Crippen LogP contribution in [0.1, 0.15) is 44.6 Å². The molecule has 0 fully saturated rings. The van der Waals surface area contributed by atoms with Crippen molar-refractivity contribution in [2.24, 2.45) is 0 Å². The van der Waals surface area contributed by atoms with Gasteiger partial charge in [0.1, 0.15) is 18.3 Å². The number of rotatable bonds is 5. The maximum absolute atomic E-state index is 11.9. The van der Waals surface area contributed by atoms with Crippen molar-refractivity contribution in [1.82, 2.24) is 0 Å². The summed E-state index contributed by atoms with van der Waals surface area (Å²) in [5, 5.41) is 10.4. The summed E-state index contributed by atoms with van der Waals surface area (Å²) >= 11 is 0. The molecule has 0 aliphatic carbocycles. The van der Waals surface area contributed by atoms with Crippen molar-refractivity contribution in [2.45, 2.75) is 63.9 Å². The van der Waals surface area contributed by atoms with Crippen molar-refractivity contribution in [3.05, 3.63) is 48.0 Å². The van der Waals surface area contributed by atoms with Gasteiger partial charge in [-0.25, -0.2) is 0 Å². The zero-order valence-electron chi connectivity index (χ0n) is 13.7. The van der Waals surface area contributed by atoms with E-state index < -0.39 is 18.3 Å². The van der Waals surface area contributed by atoms with Crippen molar-refractivity contribution in [3.8, 4) is 0 Å². The average molecular weight is 318 g/mol. The van der Waals surface area contributed by atoms with Crippen LogP contribution in [-0.4, -0.2) is 29.4 Å². The van der Waals surface area contributed by atoms with Crippen molar-refractivity contribution in [1.29, 1.82) is 0 Å². The van der Waals surface area contributed by atoms with E-state index in [1.165, 1.54) is 0 Å². The van der Waals surface area contributed by atoms with Crippen LogP contribution >= 0.6 is 0 Å². The molecule has 1 N–H and O–H groups in total. The number of cyclic esters (lactones) is 1. The maximum atomic E-state index is 11.9. The van der Waals surface area contributed by atoms with E-state index in [1.807, 2.05) is 43.3 Å². The van der Waals surface area contributed by atoms with Gasteiger partial charge in [-0.2, -0.15) is 0 Å². The van der Waals surface area contributed by atoms with E-state index in [4.69, 9.17) is 9.47 Å². The van der Waals surface area contributed by atoms with Gasteiger partial charge in [-0.05, 0) is 24.8 Å². The van der Waals surface area contributed by atoms with Crippen LogP contribution in [0.2, 0.25) is 0 Å². The molecule has 126 valence electrons. The minimum absolute atomic E-state index is 0.209. The quantitative estimate of drug-likeness (QED) is 0.668. The maximum Gasteiger partial charge on any atom is 0.306 e. The highest BCUT2D eigenvalue weighted by molar-refractivity contribution is 5.69. The molecule has 1 aliphatic heterocycles. The second-order valence-electron chi connectivity index (χ2n) is 5.89. The second-order valence-corrected chi connectivity index (χ2v) is 5.89. The SMILES string of the molecule is CCC[C@H]1OC(=O)CCC/C=C\[C@H](O)C1OCc1ccccc1. The predicted molar refractivity (Wildman–Crippen MR) is 88.8 cm³/mol. The number of hydrogen-bond acceptors (Lipinski definition) is 4. The molecule has 1 aliphatic rings. The molecule has 4 nitrogen and oxygen atoms in total. The third-order valence-electron chi connectivity index (χ3n) is 3.93. The molecule has 0 amide bonds. The van der Waals surface area contributed by atoms with Gasteiger partial charge in [0.15, 0.2) is 0 Å². The molecule has 1 aromatic rings. The number of benzene rings is 1. The summed E-state index contributed by atoms with van der Waals surface area (Å²) in [5.74, 6) is -0.209. The van der Waals surface area contributed by atoms with Crippen LogP contribution in [0.5, 0.6) is 0 Å². The lowest BCUT2D eigenvalue weighted by Gasteiger charge is -2.30. The van der Waals surface area contributed by atoms with Crippen LogP contribution in [0.25, 0.3) is 0 Å². The van der Waals surface area contributed by atoms with Gasteiger partial charge >= 0.3 is 5.97 Å². The molecule has 0 saturated heterocycles. The van der Waals surface area contributed by atoms with E-state index in [0.717, 1.165) is 24.8 Å². The lowest BCUT2D eigenvalue weighted by molar-refractivity contribution is -0.165. The van der Waals surface area contributed by atoms with E-state index in [1.54, 1.807) is 6.08 Å². The van der Waals surface area contributed by atoms with Crippen molar-refractivity contribution in [3.63, 3.8) is 0 Å². The Labute approximate surface area is 138 Å². The Kier molecular flexibility index (Phi) is 7.30. The lowest BCUT2D eigenvalue weighted by Crippen LogP contribution is -2.41. The molecule has 0 spiro atoms. The Morgan fingerprint density at radius 3 is 2.83 bits per heavy atom. The first kappa shape index (κ1) is 17.7. The lowest BCUT2D eigenvalue weighted by atomic mass is 10.0. The van der Waals surface area contributed by atoms with E-state index in [-0.39, 0.29) is 5.97 Å². The van der Waals surface area contributed by atoms with Crippen LogP contribution < -0.4 is 0 Å². The van der Waals surface area contributed by atoms with Crippen molar-refractivity contribution >= 4 is 5.97 Å². The number of allylic oxidation sites excluding steroid dienone is 1. The standard InChI is InChI=1S/C19H26O4/c1-2-9-17-19(22-14-15-10-5-3-6-11-15)16(20)12-7-4-8-13-18(21)23-17/h3,5-7,10-12,16-17,19-20H,2,4,8-9,13-14H2,1H3/b12-7-/t16-,17+,19?/m0/s1. The van der Waals surface area contributed by atoms with Gasteiger partial charge in [-0.1, -0.05) is 55.8 Å². The van der Waals surface area contributed by atoms with E-state index in [2.05, 4.69) is 0 Å². The largest absolute Gasteiger partial charge is 0.459 e. The van der Waals surface area contributed by atoms with Crippen LogP contribution in [0, 0.1) is 0 Å². The molecular formula is C19H26O4. The zero-order chi connectivity index (χ0) is 16.5. The summed E-state index contributed by atoms with van der Waals surface area (Å²) in [6.07, 6.45) is 5.39. The summed E-state index contributed by atoms with van der Waals surface area (Å²) in [4.78, 5) is 11.9. The summed E-state index contributed by atoms with van der Waals surface area (Å²) in [6, 6.07) is 9.80. The molecule has 0 saturated carbocycles. The Bertz CT molecular complexity index is 497. The number of carbonyl (C=O) groups excluding carboxylic acids is 1. The molecule has 2 rings (SSSR count). The Balaban J connectivity index is 2.11. The summed E-state index contributed by atoms with van der Waals surface area (Å²) in [7, 11) is 0. The van der Waals surface area contributed by atoms with Gasteiger partial charge in [0.2, 0.25) is 0 Å². The summed E-state index contributed by atoms with van der Waals surface area (Å²) in [5.41, 5.74) is 1.03. The number of ether oxygens (including phenoxy) is 2. The van der Waals surface area contributed by atoms with Crippen LogP contribution in [0.4, 0.5) is 0 Å². The molecule has 1 heterocycles. The molecule has 4 heteroatoms. The minimum Gasteiger partial charge on any atom is -0.459 e. The molecule has 0 radical (unpaired) electrons. The van der Waals surface area contributed by atoms with Gasteiger partial charge in [0.05, 0.1) is 6.61 Å². The number of aliphatic hydroxyl groups is 1. The van der Waals surface area contributed by atoms with Crippen molar-refractivity contribution < 1.29 is 19.4 Å². The highest BCUT2D eigenvalue weighted by atomic mass is 16.6. The first-order valence-corrected chi connectivity index (χ1v) is 8.40. The average Bonchev–Trinajstić information content (AvgIpc) is 2.55. The number of hydrogen-bond donors (Lipinski definition) is 1. The Hall–Kier alpha value is -1.65. The molecule has 1 aromatic carbocycles. The first-order chi connectivity index (χ1) is 11.2. The molecule has 1 unspecified atom stereocenters.